The lowest BCUT2D eigenvalue weighted by Gasteiger charge is -2.50. The number of ether oxygens (including phenoxy) is 8. The first kappa shape index (κ1) is 71.5. The van der Waals surface area contributed by atoms with Gasteiger partial charge in [-0.15, -0.1) is 0 Å². The molecule has 10 nitrogen and oxygen atoms in total. The zero-order valence-corrected chi connectivity index (χ0v) is 53.2. The molecule has 0 heterocycles. The van der Waals surface area contributed by atoms with Crippen LogP contribution in [0.15, 0.2) is 97.1 Å². The van der Waals surface area contributed by atoms with Crippen LogP contribution in [0.2, 0.25) is 0 Å². The lowest BCUT2D eigenvalue weighted by atomic mass is 9.55. The molecule has 0 N–H and O–H groups in total. The van der Waals surface area contributed by atoms with Gasteiger partial charge in [-0.05, 0) is 191 Å². The monoisotopic (exact) mass is 1290 g/mol. The summed E-state index contributed by atoms with van der Waals surface area (Å²) in [7, 11) is 11.2. The molecule has 1 radical (unpaired) electrons. The van der Waals surface area contributed by atoms with E-state index in [0.29, 0.717) is 50.6 Å². The van der Waals surface area contributed by atoms with E-state index in [1.54, 1.807) is 14.2 Å². The molecule has 4 aromatic carbocycles. The number of hydrogen-bond donors (Lipinski definition) is 0. The van der Waals surface area contributed by atoms with Gasteiger partial charge < -0.3 is 47.7 Å². The van der Waals surface area contributed by atoms with E-state index in [2.05, 4.69) is 91.0 Å². The third-order valence-corrected chi connectivity index (χ3v) is 20.3. The number of alkyl halides is 9. The molecule has 7 rings (SSSR count). The fourth-order valence-electron chi connectivity index (χ4n) is 13.3. The van der Waals surface area contributed by atoms with Crippen LogP contribution in [0.1, 0.15) is 111 Å². The van der Waals surface area contributed by atoms with Crippen molar-refractivity contribution in [1.82, 2.24) is 9.80 Å². The minimum atomic E-state index is -6.75. The Balaban J connectivity index is 0.679. The Hall–Kier alpha value is -3.93. The molecule has 1 unspecified atom stereocenters. The van der Waals surface area contributed by atoms with E-state index in [1.807, 2.05) is 70.1 Å². The van der Waals surface area contributed by atoms with Crippen LogP contribution in [-0.4, -0.2) is 159 Å². The maximum Gasteiger partial charge on any atom is 0.435 e. The lowest BCUT2D eigenvalue weighted by Crippen LogP contribution is -2.67. The van der Waals surface area contributed by atoms with E-state index in [4.69, 9.17) is 33.2 Å². The number of methoxy groups -OCH3 is 2. The summed E-state index contributed by atoms with van der Waals surface area (Å²) < 4.78 is 165. The Morgan fingerprint density at radius 1 is 0.580 bits per heavy atom. The smallest absolute Gasteiger partial charge is 0.435 e. The molecule has 0 bridgehead atoms. The van der Waals surface area contributed by atoms with Crippen molar-refractivity contribution >= 4 is 21.6 Å². The number of likely N-dealkylation sites (N-methyl/N-ethyl adjacent to an activating group) is 1. The van der Waals surface area contributed by atoms with Crippen LogP contribution in [0.4, 0.5) is 39.5 Å². The van der Waals surface area contributed by atoms with E-state index in [1.165, 1.54) is 11.1 Å². The van der Waals surface area contributed by atoms with Crippen LogP contribution >= 0.6 is 21.6 Å². The normalized spacial score (nSPS) is 20.2. The molecular formula is C67H90F9N2O8S2. The second-order valence-electron chi connectivity index (χ2n) is 23.8. The average Bonchev–Trinajstić information content (AvgIpc) is 2.42. The predicted molar refractivity (Wildman–Crippen MR) is 330 cm³/mol. The van der Waals surface area contributed by atoms with E-state index in [-0.39, 0.29) is 24.0 Å². The summed E-state index contributed by atoms with van der Waals surface area (Å²) in [6, 6.07) is 32.9. The number of halogens is 9. The zero-order valence-electron chi connectivity index (χ0n) is 51.6. The summed E-state index contributed by atoms with van der Waals surface area (Å²) in [4.78, 5) is 4.62. The SMILES string of the molecule is [CH2]C(CCCCN(C)CCCOCCSSCCOCCCN(C)CCOc1ccc2c(c1)CC[C@@H]1[C@@H]2CC[C@]2(C)[C@@H](OCCCOC(C(F)(F)F)(C(F)(F)F)C(F)(F)F)CC[C@@H]12)COC(c1ccccc1)(c1ccc(OC)cc1)c1ccc(OC)cc1. The van der Waals surface area contributed by atoms with Crippen molar-refractivity contribution in [3.05, 3.63) is 132 Å². The molecule has 3 aliphatic carbocycles. The highest BCUT2D eigenvalue weighted by Gasteiger charge is 2.85. The van der Waals surface area contributed by atoms with Gasteiger partial charge in [0.15, 0.2) is 0 Å². The molecule has 0 spiro atoms. The first-order valence-electron chi connectivity index (χ1n) is 30.9. The summed E-state index contributed by atoms with van der Waals surface area (Å²) in [6.07, 6.45) is -11.1. The van der Waals surface area contributed by atoms with Crippen LogP contribution in [0.25, 0.3) is 0 Å². The Morgan fingerprint density at radius 3 is 1.72 bits per heavy atom. The standard InChI is InChI=1S/C67H90F9N2O8S2/c1-49(48-86-63(51-16-8-7-9-17-51,52-19-23-54(79-5)24-20-52)53-21-25-55(80-6)26-22-53)15-10-11-34-77(3)35-12-38-81-43-45-87-88-46-44-82-39-13-36-78(4)37-42-83-56-27-29-57-50(47-56)18-28-59-58(57)32-33-62(2)60(59)30-31-61(62)84-40-14-41-85-64(65(68,69)70,66(71,72)73)67(74,75)76/h7-9,16-17,19-27,29,47,49,58-61H,1,10-15,18,28,30-46,48H2,2-6H3/t49?,58-,59-,60+,61+,62+/m1/s1. The topological polar surface area (TPSA) is 80.3 Å². The molecule has 6 atom stereocenters. The number of nitrogens with zero attached hydrogens (tertiary/aromatic N) is 2. The third-order valence-electron chi connectivity index (χ3n) is 18.0. The molecule has 0 aromatic heterocycles. The van der Waals surface area contributed by atoms with Crippen molar-refractivity contribution in [3.8, 4) is 17.2 Å². The van der Waals surface area contributed by atoms with Gasteiger partial charge in [0.05, 0.1) is 46.8 Å². The number of benzene rings is 4. The van der Waals surface area contributed by atoms with Gasteiger partial charge >= 0.3 is 24.1 Å². The number of rotatable bonds is 38. The van der Waals surface area contributed by atoms with Crippen molar-refractivity contribution in [2.75, 3.05) is 119 Å². The molecule has 4 aromatic rings. The molecule has 0 aliphatic heterocycles. The van der Waals surface area contributed by atoms with Crippen molar-refractivity contribution in [2.45, 2.75) is 126 Å². The molecule has 2 saturated carbocycles. The van der Waals surface area contributed by atoms with Gasteiger partial charge in [-0.2, -0.15) is 39.5 Å². The van der Waals surface area contributed by atoms with Gasteiger partial charge in [0.25, 0.3) is 0 Å². The van der Waals surface area contributed by atoms with Gasteiger partial charge in [-0.1, -0.05) is 95.6 Å². The van der Waals surface area contributed by atoms with Crippen molar-refractivity contribution in [1.29, 1.82) is 0 Å². The molecule has 88 heavy (non-hydrogen) atoms. The van der Waals surface area contributed by atoms with Gasteiger partial charge in [-0.25, -0.2) is 0 Å². The first-order valence-corrected chi connectivity index (χ1v) is 33.4. The second-order valence-corrected chi connectivity index (χ2v) is 26.5. The summed E-state index contributed by atoms with van der Waals surface area (Å²) >= 11 is 0. The summed E-state index contributed by atoms with van der Waals surface area (Å²) in [5.74, 6) is 5.37. The minimum absolute atomic E-state index is 0.109. The van der Waals surface area contributed by atoms with E-state index < -0.39 is 42.8 Å². The van der Waals surface area contributed by atoms with Crippen LogP contribution in [0.5, 0.6) is 17.2 Å². The maximum absolute atomic E-state index is 13.3. The molecular weight excluding hydrogens is 1200 g/mol. The Kier molecular flexibility index (Phi) is 27.3. The van der Waals surface area contributed by atoms with Crippen molar-refractivity contribution in [2.24, 2.45) is 23.2 Å². The summed E-state index contributed by atoms with van der Waals surface area (Å²) in [5.41, 5.74) is -1.75. The number of aryl methyl sites for hydroxylation is 1. The maximum atomic E-state index is 13.3. The van der Waals surface area contributed by atoms with E-state index >= 15 is 0 Å². The highest BCUT2D eigenvalue weighted by Crippen LogP contribution is 2.62. The summed E-state index contributed by atoms with van der Waals surface area (Å²) in [6.45, 7) is 12.5. The molecule has 0 saturated heterocycles. The van der Waals surface area contributed by atoms with Crippen LogP contribution < -0.4 is 14.2 Å². The Bertz CT molecular complexity index is 2570. The van der Waals surface area contributed by atoms with Crippen LogP contribution in [-0.2, 0) is 35.7 Å². The van der Waals surface area contributed by atoms with E-state index in [0.717, 1.165) is 149 Å². The van der Waals surface area contributed by atoms with E-state index in [9.17, 15) is 39.5 Å². The Labute approximate surface area is 523 Å². The number of hydrogen-bond acceptors (Lipinski definition) is 12. The zero-order chi connectivity index (χ0) is 63.4. The summed E-state index contributed by atoms with van der Waals surface area (Å²) in [5, 5.41) is 0. The molecule has 0 amide bonds. The quantitative estimate of drug-likeness (QED) is 0.0186. The predicted octanol–water partition coefficient (Wildman–Crippen LogP) is 15.8. The average molecular weight is 1290 g/mol. The van der Waals surface area contributed by atoms with Gasteiger partial charge in [0, 0.05) is 51.0 Å². The van der Waals surface area contributed by atoms with Gasteiger partial charge in [-0.3, -0.25) is 0 Å². The fourth-order valence-corrected chi connectivity index (χ4v) is 15.0. The highest BCUT2D eigenvalue weighted by molar-refractivity contribution is 8.76. The van der Waals surface area contributed by atoms with Crippen LogP contribution in [0.3, 0.4) is 0 Å². The van der Waals surface area contributed by atoms with Crippen LogP contribution in [0, 0.1) is 30.1 Å². The number of unbranched alkanes of at least 4 members (excludes halogenated alkanes) is 1. The molecule has 3 aliphatic rings. The molecule has 21 heteroatoms. The molecule has 491 valence electrons. The second kappa shape index (κ2) is 33.6. The minimum Gasteiger partial charge on any atom is -0.497 e. The van der Waals surface area contributed by atoms with Gasteiger partial charge in [0.1, 0.15) is 29.5 Å². The lowest BCUT2D eigenvalue weighted by molar-refractivity contribution is -0.457. The third kappa shape index (κ3) is 18.4. The van der Waals surface area contributed by atoms with Gasteiger partial charge in [0.2, 0.25) is 0 Å². The largest absolute Gasteiger partial charge is 0.497 e. The number of fused-ring (bicyclic) bond motifs is 5. The first-order chi connectivity index (χ1) is 42.1. The fraction of sp³-hybridized carbons (Fsp3) is 0.627. The highest BCUT2D eigenvalue weighted by atomic mass is 33.1. The molecule has 2 fully saturated rings. The van der Waals surface area contributed by atoms with Crippen molar-refractivity contribution in [3.63, 3.8) is 0 Å². The van der Waals surface area contributed by atoms with Crippen molar-refractivity contribution < 1.29 is 77.4 Å². The Morgan fingerprint density at radius 2 is 1.14 bits per heavy atom.